The summed E-state index contributed by atoms with van der Waals surface area (Å²) in [7, 11) is -1.00. The van der Waals surface area contributed by atoms with Crippen LogP contribution in [0.15, 0.2) is 12.3 Å². The first-order valence-electron chi connectivity index (χ1n) is 5.02. The highest BCUT2D eigenvalue weighted by molar-refractivity contribution is 6.76. The number of rotatable bonds is 5. The Hall–Kier alpha value is -1.12. The van der Waals surface area contributed by atoms with Crippen LogP contribution in [0.1, 0.15) is 5.69 Å². The average molecular weight is 223 g/mol. The molecular weight excluding hydrogens is 206 g/mol. The molecule has 0 spiro atoms. The van der Waals surface area contributed by atoms with Gasteiger partial charge < -0.3 is 4.74 Å². The van der Waals surface area contributed by atoms with Gasteiger partial charge in [-0.1, -0.05) is 19.6 Å². The minimum atomic E-state index is -1.00. The van der Waals surface area contributed by atoms with Gasteiger partial charge in [0.25, 0.3) is 0 Å². The lowest BCUT2D eigenvalue weighted by atomic mass is 10.5. The molecule has 15 heavy (non-hydrogen) atoms. The lowest BCUT2D eigenvalue weighted by Gasteiger charge is -2.15. The van der Waals surface area contributed by atoms with Gasteiger partial charge >= 0.3 is 0 Å². The van der Waals surface area contributed by atoms with Gasteiger partial charge in [-0.15, -0.1) is 0 Å². The van der Waals surface area contributed by atoms with Crippen LogP contribution in [0.2, 0.25) is 25.7 Å². The summed E-state index contributed by atoms with van der Waals surface area (Å²) in [5, 5.41) is 12.6. The quantitative estimate of drug-likeness (QED) is 0.567. The van der Waals surface area contributed by atoms with Gasteiger partial charge in [-0.25, -0.2) is 4.68 Å². The number of ether oxygens (including phenoxy) is 1. The molecule has 0 aromatic carbocycles. The molecule has 0 bridgehead atoms. The van der Waals surface area contributed by atoms with E-state index in [0.717, 1.165) is 12.7 Å². The van der Waals surface area contributed by atoms with Crippen molar-refractivity contribution < 1.29 is 4.74 Å². The summed E-state index contributed by atoms with van der Waals surface area (Å²) in [5.74, 6) is 0. The van der Waals surface area contributed by atoms with Crippen LogP contribution in [0.5, 0.6) is 0 Å². The van der Waals surface area contributed by atoms with Gasteiger partial charge in [-0.05, 0) is 12.1 Å². The molecule has 0 fully saturated rings. The van der Waals surface area contributed by atoms with Crippen molar-refractivity contribution in [1.82, 2.24) is 9.78 Å². The fourth-order valence-electron chi connectivity index (χ4n) is 1.03. The van der Waals surface area contributed by atoms with E-state index in [0.29, 0.717) is 12.4 Å². The van der Waals surface area contributed by atoms with E-state index in [2.05, 4.69) is 24.7 Å². The van der Waals surface area contributed by atoms with Crippen LogP contribution >= 0.6 is 0 Å². The first-order valence-corrected chi connectivity index (χ1v) is 8.73. The molecule has 0 aliphatic heterocycles. The molecule has 1 heterocycles. The summed E-state index contributed by atoms with van der Waals surface area (Å²) in [6.07, 6.45) is 1.76. The third-order valence-corrected chi connectivity index (χ3v) is 3.68. The molecular formula is C10H17N3OSi. The number of hydrogen-bond acceptors (Lipinski definition) is 3. The van der Waals surface area contributed by atoms with Gasteiger partial charge in [-0.2, -0.15) is 10.4 Å². The molecule has 4 nitrogen and oxygen atoms in total. The van der Waals surface area contributed by atoms with Crippen LogP contribution in [0.3, 0.4) is 0 Å². The highest BCUT2D eigenvalue weighted by Gasteiger charge is 2.11. The third-order valence-electron chi connectivity index (χ3n) is 1.98. The van der Waals surface area contributed by atoms with Crippen molar-refractivity contribution in [2.75, 3.05) is 6.61 Å². The summed E-state index contributed by atoms with van der Waals surface area (Å²) in [5.41, 5.74) is 0.434. The van der Waals surface area contributed by atoms with E-state index >= 15 is 0 Å². The largest absolute Gasteiger partial charge is 0.360 e. The van der Waals surface area contributed by atoms with Crippen LogP contribution in [-0.4, -0.2) is 24.5 Å². The summed E-state index contributed by atoms with van der Waals surface area (Å²) >= 11 is 0. The zero-order valence-corrected chi connectivity index (χ0v) is 10.5. The second kappa shape index (κ2) is 5.10. The van der Waals surface area contributed by atoms with Crippen LogP contribution in [0, 0.1) is 11.3 Å². The van der Waals surface area contributed by atoms with Crippen LogP contribution < -0.4 is 0 Å². The molecule has 1 rings (SSSR count). The summed E-state index contributed by atoms with van der Waals surface area (Å²) in [4.78, 5) is 0. The fourth-order valence-corrected chi connectivity index (χ4v) is 1.79. The molecule has 0 N–H and O–H groups in total. The minimum Gasteiger partial charge on any atom is -0.360 e. The standard InChI is InChI=1S/C10H17N3OSi/c1-15(2,3)7-6-14-9-13-5-4-10(8-11)12-13/h4-5H,6-7,9H2,1-3H3. The maximum absolute atomic E-state index is 8.57. The van der Waals surface area contributed by atoms with Crippen LogP contribution in [0.25, 0.3) is 0 Å². The molecule has 0 aliphatic rings. The zero-order valence-electron chi connectivity index (χ0n) is 9.53. The van der Waals surface area contributed by atoms with Crippen molar-refractivity contribution in [2.45, 2.75) is 32.4 Å². The molecule has 0 amide bonds. The van der Waals surface area contributed by atoms with E-state index in [1.165, 1.54) is 0 Å². The Morgan fingerprint density at radius 2 is 2.27 bits per heavy atom. The van der Waals surface area contributed by atoms with Gasteiger partial charge in [0.2, 0.25) is 0 Å². The highest BCUT2D eigenvalue weighted by Crippen LogP contribution is 2.07. The predicted molar refractivity (Wildman–Crippen MR) is 61.0 cm³/mol. The van der Waals surface area contributed by atoms with E-state index < -0.39 is 8.07 Å². The van der Waals surface area contributed by atoms with Crippen molar-refractivity contribution in [1.29, 1.82) is 5.26 Å². The predicted octanol–water partition coefficient (Wildman–Crippen LogP) is 2.07. The van der Waals surface area contributed by atoms with Crippen LogP contribution in [-0.2, 0) is 11.5 Å². The van der Waals surface area contributed by atoms with Crippen molar-refractivity contribution in [2.24, 2.45) is 0 Å². The second-order valence-corrected chi connectivity index (χ2v) is 10.3. The smallest absolute Gasteiger partial charge is 0.162 e. The van der Waals surface area contributed by atoms with E-state index in [1.54, 1.807) is 16.9 Å². The fraction of sp³-hybridized carbons (Fsp3) is 0.600. The normalized spacial score (nSPS) is 11.3. The van der Waals surface area contributed by atoms with Crippen molar-refractivity contribution >= 4 is 8.07 Å². The van der Waals surface area contributed by atoms with Crippen molar-refractivity contribution in [3.63, 3.8) is 0 Å². The first kappa shape index (κ1) is 11.9. The maximum atomic E-state index is 8.57. The van der Waals surface area contributed by atoms with Gasteiger partial charge in [0, 0.05) is 20.9 Å². The SMILES string of the molecule is C[Si](C)(C)CCOCn1ccc(C#N)n1. The van der Waals surface area contributed by atoms with Crippen molar-refractivity contribution in [3.05, 3.63) is 18.0 Å². The molecule has 1 aromatic heterocycles. The summed E-state index contributed by atoms with van der Waals surface area (Å²) in [6.45, 7) is 8.16. The van der Waals surface area contributed by atoms with Gasteiger partial charge in [-0.3, -0.25) is 0 Å². The summed E-state index contributed by atoms with van der Waals surface area (Å²) in [6, 6.07) is 4.82. The number of hydrogen-bond donors (Lipinski definition) is 0. The number of nitriles is 1. The van der Waals surface area contributed by atoms with Gasteiger partial charge in [0.05, 0.1) is 0 Å². The molecule has 0 saturated heterocycles. The third kappa shape index (κ3) is 4.77. The van der Waals surface area contributed by atoms with E-state index in [-0.39, 0.29) is 0 Å². The molecule has 0 saturated carbocycles. The lowest BCUT2D eigenvalue weighted by molar-refractivity contribution is 0.0785. The first-order chi connectivity index (χ1) is 7.01. The zero-order chi connectivity index (χ0) is 11.3. The Morgan fingerprint density at radius 3 is 2.80 bits per heavy atom. The molecule has 0 atom stereocenters. The Kier molecular flexibility index (Phi) is 4.06. The summed E-state index contributed by atoms with van der Waals surface area (Å²) < 4.78 is 7.12. The monoisotopic (exact) mass is 223 g/mol. The van der Waals surface area contributed by atoms with E-state index in [1.807, 2.05) is 6.07 Å². The van der Waals surface area contributed by atoms with E-state index in [4.69, 9.17) is 10.00 Å². The molecule has 5 heteroatoms. The Morgan fingerprint density at radius 1 is 1.53 bits per heavy atom. The van der Waals surface area contributed by atoms with E-state index in [9.17, 15) is 0 Å². The maximum Gasteiger partial charge on any atom is 0.162 e. The Labute approximate surface area is 91.5 Å². The lowest BCUT2D eigenvalue weighted by Crippen LogP contribution is -2.22. The topological polar surface area (TPSA) is 50.8 Å². The molecule has 1 aromatic rings. The molecule has 0 radical (unpaired) electrons. The van der Waals surface area contributed by atoms with Crippen molar-refractivity contribution in [3.8, 4) is 6.07 Å². The minimum absolute atomic E-state index is 0.434. The number of aromatic nitrogens is 2. The highest BCUT2D eigenvalue weighted by atomic mass is 28.3. The number of nitrogens with zero attached hydrogens (tertiary/aromatic N) is 3. The molecule has 82 valence electrons. The van der Waals surface area contributed by atoms with Gasteiger partial charge in [0.15, 0.2) is 5.69 Å². The molecule has 0 unspecified atom stereocenters. The second-order valence-electron chi connectivity index (χ2n) is 4.70. The Bertz CT molecular complexity index is 348. The van der Waals surface area contributed by atoms with Gasteiger partial charge in [0.1, 0.15) is 12.8 Å². The Balaban J connectivity index is 2.24. The average Bonchev–Trinajstić information content (AvgIpc) is 2.59. The van der Waals surface area contributed by atoms with Crippen LogP contribution in [0.4, 0.5) is 0 Å². The molecule has 0 aliphatic carbocycles.